The molecule has 8 nitrogen and oxygen atoms in total. The maximum atomic E-state index is 13.1. The number of hydrogen-bond donors (Lipinski definition) is 3. The minimum atomic E-state index is -0.427. The quantitative estimate of drug-likeness (QED) is 0.353. The first kappa shape index (κ1) is 22.7. The molecular weight excluding hydrogens is 418 g/mol. The molecule has 3 aromatic rings. The van der Waals surface area contributed by atoms with E-state index in [2.05, 4.69) is 15.3 Å². The summed E-state index contributed by atoms with van der Waals surface area (Å²) in [4.78, 5) is 31.8. The topological polar surface area (TPSA) is 127 Å². The van der Waals surface area contributed by atoms with Gasteiger partial charge in [0.2, 0.25) is 5.91 Å². The average molecular weight is 448 g/mol. The second-order valence-electron chi connectivity index (χ2n) is 8.69. The molecule has 1 amide bonds. The Bertz CT molecular complexity index is 1090. The van der Waals surface area contributed by atoms with Gasteiger partial charge in [0, 0.05) is 24.5 Å². The number of nitro benzene ring substituents is 1. The van der Waals surface area contributed by atoms with Gasteiger partial charge in [-0.3, -0.25) is 14.9 Å². The lowest BCUT2D eigenvalue weighted by atomic mass is 9.81. The van der Waals surface area contributed by atoms with Crippen molar-refractivity contribution in [3.63, 3.8) is 0 Å². The molecule has 1 saturated carbocycles. The molecule has 0 spiro atoms. The third kappa shape index (κ3) is 5.64. The van der Waals surface area contributed by atoms with Crippen molar-refractivity contribution in [2.45, 2.75) is 38.1 Å². The molecule has 1 aliphatic rings. The molecule has 0 radical (unpaired) electrons. The molecule has 1 atom stereocenters. The summed E-state index contributed by atoms with van der Waals surface area (Å²) >= 11 is 0. The van der Waals surface area contributed by atoms with E-state index in [4.69, 9.17) is 5.73 Å². The summed E-state index contributed by atoms with van der Waals surface area (Å²) in [5.74, 6) is 1.07. The molecule has 0 aliphatic heterocycles. The number of aromatic amines is 1. The molecule has 4 N–H and O–H groups in total. The van der Waals surface area contributed by atoms with Crippen molar-refractivity contribution in [1.82, 2.24) is 15.3 Å². The first-order valence-corrected chi connectivity index (χ1v) is 11.4. The third-order valence-corrected chi connectivity index (χ3v) is 6.44. The lowest BCUT2D eigenvalue weighted by molar-refractivity contribution is -0.384. The lowest BCUT2D eigenvalue weighted by Gasteiger charge is -2.28. The maximum absolute atomic E-state index is 13.1. The number of aromatic nitrogens is 2. The summed E-state index contributed by atoms with van der Waals surface area (Å²) in [5, 5.41) is 14.4. The molecule has 0 saturated heterocycles. The molecule has 4 rings (SSSR count). The Balaban J connectivity index is 1.56. The second-order valence-corrected chi connectivity index (χ2v) is 8.69. The highest BCUT2D eigenvalue weighted by atomic mass is 16.6. The molecule has 1 aliphatic carbocycles. The Morgan fingerprint density at radius 1 is 1.15 bits per heavy atom. The van der Waals surface area contributed by atoms with E-state index in [9.17, 15) is 14.9 Å². The number of carbonyl (C=O) groups excluding carboxylic acids is 1. The van der Waals surface area contributed by atoms with Gasteiger partial charge in [0.1, 0.15) is 5.82 Å². The van der Waals surface area contributed by atoms with Crippen LogP contribution in [0.5, 0.6) is 0 Å². The Hall–Kier alpha value is -3.52. The van der Waals surface area contributed by atoms with Crippen LogP contribution in [0.3, 0.4) is 0 Å². The van der Waals surface area contributed by atoms with Gasteiger partial charge in [0.05, 0.1) is 22.9 Å². The standard InChI is InChI=1S/C25H29N5O3/c26-15-17-9-11-20(12-10-17)25(31)29-22(14-18-5-4-8-21(13-18)30(32)33)24-27-16-23(28-24)19-6-2-1-3-7-19/h1-8,13,16-17,20,22H,9-12,14-15,26H2,(H,27,28)(H,29,31). The predicted octanol–water partition coefficient (Wildman–Crippen LogP) is 4.15. The fourth-order valence-electron chi connectivity index (χ4n) is 4.48. The summed E-state index contributed by atoms with van der Waals surface area (Å²) in [6.07, 6.45) is 5.72. The predicted molar refractivity (Wildman–Crippen MR) is 126 cm³/mol. The Morgan fingerprint density at radius 3 is 2.61 bits per heavy atom. The van der Waals surface area contributed by atoms with E-state index in [1.807, 2.05) is 36.4 Å². The number of imidazole rings is 1. The highest BCUT2D eigenvalue weighted by Crippen LogP contribution is 2.29. The van der Waals surface area contributed by atoms with Crippen LogP contribution >= 0.6 is 0 Å². The first-order chi connectivity index (χ1) is 16.0. The van der Waals surface area contributed by atoms with Crippen molar-refractivity contribution >= 4 is 11.6 Å². The SMILES string of the molecule is NCC1CCC(C(=O)NC(Cc2cccc([N+](=O)[O-])c2)c2ncc(-c3ccccc3)[nH]2)CC1. The minimum Gasteiger partial charge on any atom is -0.346 e. The molecule has 2 aromatic carbocycles. The van der Waals surface area contributed by atoms with E-state index < -0.39 is 11.0 Å². The smallest absolute Gasteiger partial charge is 0.269 e. The van der Waals surface area contributed by atoms with Gasteiger partial charge in [-0.2, -0.15) is 0 Å². The van der Waals surface area contributed by atoms with E-state index in [0.717, 1.165) is 42.5 Å². The zero-order chi connectivity index (χ0) is 23.2. The normalized spacial score (nSPS) is 19.1. The summed E-state index contributed by atoms with van der Waals surface area (Å²) < 4.78 is 0. The Labute approximate surface area is 192 Å². The number of benzene rings is 2. The van der Waals surface area contributed by atoms with Crippen molar-refractivity contribution in [2.24, 2.45) is 17.6 Å². The Morgan fingerprint density at radius 2 is 1.91 bits per heavy atom. The molecular formula is C25H29N5O3. The molecule has 1 fully saturated rings. The number of hydrogen-bond acceptors (Lipinski definition) is 5. The van der Waals surface area contributed by atoms with Crippen molar-refractivity contribution in [3.8, 4) is 11.3 Å². The highest BCUT2D eigenvalue weighted by Gasteiger charge is 2.28. The summed E-state index contributed by atoms with van der Waals surface area (Å²) in [5.41, 5.74) is 8.43. The van der Waals surface area contributed by atoms with Crippen LogP contribution in [0, 0.1) is 22.0 Å². The van der Waals surface area contributed by atoms with Crippen molar-refractivity contribution in [3.05, 3.63) is 82.3 Å². The van der Waals surface area contributed by atoms with Gasteiger partial charge in [-0.05, 0) is 49.3 Å². The van der Waals surface area contributed by atoms with Crippen LogP contribution in [0.25, 0.3) is 11.3 Å². The molecule has 33 heavy (non-hydrogen) atoms. The van der Waals surface area contributed by atoms with Crippen molar-refractivity contribution < 1.29 is 9.72 Å². The van der Waals surface area contributed by atoms with E-state index >= 15 is 0 Å². The fraction of sp³-hybridized carbons (Fsp3) is 0.360. The third-order valence-electron chi connectivity index (χ3n) is 6.44. The number of H-pyrrole nitrogens is 1. The maximum Gasteiger partial charge on any atom is 0.269 e. The zero-order valence-corrected chi connectivity index (χ0v) is 18.4. The molecule has 1 unspecified atom stereocenters. The Kier molecular flexibility index (Phi) is 7.14. The number of nitrogens with zero attached hydrogens (tertiary/aromatic N) is 2. The fourth-order valence-corrected chi connectivity index (χ4v) is 4.48. The number of carbonyl (C=O) groups is 1. The van der Waals surface area contributed by atoms with Crippen molar-refractivity contribution in [2.75, 3.05) is 6.54 Å². The van der Waals surface area contributed by atoms with Gasteiger partial charge < -0.3 is 16.0 Å². The summed E-state index contributed by atoms with van der Waals surface area (Å²) in [6.45, 7) is 0.665. The molecule has 0 bridgehead atoms. The van der Waals surface area contributed by atoms with Crippen LogP contribution in [0.1, 0.15) is 43.1 Å². The van der Waals surface area contributed by atoms with Crippen LogP contribution in [-0.2, 0) is 11.2 Å². The number of nitrogens with two attached hydrogens (primary N) is 1. The monoisotopic (exact) mass is 447 g/mol. The second kappa shape index (κ2) is 10.4. The largest absolute Gasteiger partial charge is 0.346 e. The van der Waals surface area contributed by atoms with E-state index in [-0.39, 0.29) is 17.5 Å². The molecule has 1 heterocycles. The van der Waals surface area contributed by atoms with Crippen LogP contribution in [0.4, 0.5) is 5.69 Å². The number of rotatable bonds is 8. The van der Waals surface area contributed by atoms with Crippen LogP contribution in [0.15, 0.2) is 60.8 Å². The van der Waals surface area contributed by atoms with Gasteiger partial charge in [-0.25, -0.2) is 4.98 Å². The summed E-state index contributed by atoms with van der Waals surface area (Å²) in [7, 11) is 0. The molecule has 8 heteroatoms. The molecule has 1 aromatic heterocycles. The zero-order valence-electron chi connectivity index (χ0n) is 18.4. The van der Waals surface area contributed by atoms with E-state index in [1.165, 1.54) is 6.07 Å². The van der Waals surface area contributed by atoms with Crippen molar-refractivity contribution in [1.29, 1.82) is 0 Å². The van der Waals surface area contributed by atoms with Crippen LogP contribution < -0.4 is 11.1 Å². The van der Waals surface area contributed by atoms with Crippen LogP contribution in [0.2, 0.25) is 0 Å². The molecule has 172 valence electrons. The lowest BCUT2D eigenvalue weighted by Crippen LogP contribution is -2.37. The first-order valence-electron chi connectivity index (χ1n) is 11.4. The minimum absolute atomic E-state index is 0.00133. The average Bonchev–Trinajstić information content (AvgIpc) is 3.35. The van der Waals surface area contributed by atoms with E-state index in [0.29, 0.717) is 24.7 Å². The van der Waals surface area contributed by atoms with Gasteiger partial charge in [0.25, 0.3) is 5.69 Å². The van der Waals surface area contributed by atoms with E-state index in [1.54, 1.807) is 18.3 Å². The van der Waals surface area contributed by atoms with Gasteiger partial charge in [-0.15, -0.1) is 0 Å². The van der Waals surface area contributed by atoms with Gasteiger partial charge in [-0.1, -0.05) is 42.5 Å². The number of non-ortho nitro benzene ring substituents is 1. The highest BCUT2D eigenvalue weighted by molar-refractivity contribution is 5.79. The summed E-state index contributed by atoms with van der Waals surface area (Å²) in [6, 6.07) is 15.9. The van der Waals surface area contributed by atoms with Gasteiger partial charge >= 0.3 is 0 Å². The number of nitrogens with one attached hydrogen (secondary N) is 2. The number of amides is 1. The van der Waals surface area contributed by atoms with Crippen LogP contribution in [-0.4, -0.2) is 27.3 Å². The number of nitro groups is 1. The van der Waals surface area contributed by atoms with Gasteiger partial charge in [0.15, 0.2) is 0 Å².